The molecule has 22 heavy (non-hydrogen) atoms. The smallest absolute Gasteiger partial charge is 0.237 e. The summed E-state index contributed by atoms with van der Waals surface area (Å²) in [6.07, 6.45) is 3.77. The van der Waals surface area contributed by atoms with Crippen molar-refractivity contribution in [3.63, 3.8) is 0 Å². The summed E-state index contributed by atoms with van der Waals surface area (Å²) in [5, 5.41) is 0.869. The molecule has 1 aromatic carbocycles. The van der Waals surface area contributed by atoms with Crippen molar-refractivity contribution in [3.05, 3.63) is 36.0 Å². The minimum absolute atomic E-state index is 0.0227. The molecule has 2 fully saturated rings. The molecule has 1 aliphatic carbocycles. The summed E-state index contributed by atoms with van der Waals surface area (Å²) in [7, 11) is 0. The zero-order valence-electron chi connectivity index (χ0n) is 12.6. The fraction of sp³-hybridized carbons (Fsp3) is 0.389. The van der Waals surface area contributed by atoms with Crippen LogP contribution in [0.25, 0.3) is 10.9 Å². The van der Waals surface area contributed by atoms with E-state index >= 15 is 0 Å². The van der Waals surface area contributed by atoms with Crippen LogP contribution < -0.4 is 4.90 Å². The van der Waals surface area contributed by atoms with Crippen LogP contribution in [0.4, 0.5) is 5.69 Å². The third-order valence-electron chi connectivity index (χ3n) is 4.90. The van der Waals surface area contributed by atoms with Gasteiger partial charge < -0.3 is 0 Å². The lowest BCUT2D eigenvalue weighted by Crippen LogP contribution is -2.31. The molecule has 1 aliphatic heterocycles. The molecule has 0 N–H and O–H groups in total. The van der Waals surface area contributed by atoms with Crippen molar-refractivity contribution in [1.29, 1.82) is 0 Å². The van der Waals surface area contributed by atoms with Gasteiger partial charge in [-0.15, -0.1) is 0 Å². The lowest BCUT2D eigenvalue weighted by atomic mass is 9.81. The number of pyridine rings is 1. The van der Waals surface area contributed by atoms with Crippen LogP contribution in [0.3, 0.4) is 0 Å². The zero-order chi connectivity index (χ0) is 15.3. The molecule has 2 aromatic rings. The molecule has 1 saturated carbocycles. The van der Waals surface area contributed by atoms with E-state index in [9.17, 15) is 9.59 Å². The molecular weight excluding hydrogens is 276 g/mol. The Morgan fingerprint density at radius 1 is 1.05 bits per heavy atom. The van der Waals surface area contributed by atoms with Crippen molar-refractivity contribution < 1.29 is 9.59 Å². The van der Waals surface area contributed by atoms with Gasteiger partial charge in [0.1, 0.15) is 0 Å². The summed E-state index contributed by atoms with van der Waals surface area (Å²) in [5.41, 5.74) is 2.35. The summed E-state index contributed by atoms with van der Waals surface area (Å²) in [6.45, 7) is 1.90. The topological polar surface area (TPSA) is 50.3 Å². The number of fused-ring (bicyclic) bond motifs is 2. The second-order valence-corrected chi connectivity index (χ2v) is 6.31. The van der Waals surface area contributed by atoms with Gasteiger partial charge in [0.15, 0.2) is 0 Å². The van der Waals surface area contributed by atoms with E-state index < -0.39 is 0 Å². The van der Waals surface area contributed by atoms with Crippen LogP contribution in [-0.4, -0.2) is 16.8 Å². The first kappa shape index (κ1) is 13.4. The standard InChI is InChI=1S/C18H18N2O2/c1-11-10-16(14-8-4-5-9-15(14)19-11)20-17(21)12-6-2-3-7-13(12)18(20)22/h4-5,8-10,12-13H,2-3,6-7H2,1H3. The van der Waals surface area contributed by atoms with Crippen molar-refractivity contribution in [2.45, 2.75) is 32.6 Å². The average Bonchev–Trinajstić information content (AvgIpc) is 2.78. The van der Waals surface area contributed by atoms with E-state index in [1.807, 2.05) is 37.3 Å². The Hall–Kier alpha value is -2.23. The number of carbonyl (C=O) groups excluding carboxylic acids is 2. The molecule has 2 heterocycles. The highest BCUT2D eigenvalue weighted by Gasteiger charge is 2.49. The SMILES string of the molecule is Cc1cc(N2C(=O)C3CCCCC3C2=O)c2ccccc2n1. The van der Waals surface area contributed by atoms with Crippen molar-refractivity contribution in [2.75, 3.05) is 4.90 Å². The van der Waals surface area contributed by atoms with E-state index in [0.29, 0.717) is 5.69 Å². The fourth-order valence-corrected chi connectivity index (χ4v) is 3.87. The molecule has 4 nitrogen and oxygen atoms in total. The molecular formula is C18H18N2O2. The van der Waals surface area contributed by atoms with E-state index in [1.165, 1.54) is 4.90 Å². The zero-order valence-corrected chi connectivity index (χ0v) is 12.6. The molecule has 0 radical (unpaired) electrons. The Morgan fingerprint density at radius 2 is 1.68 bits per heavy atom. The summed E-state index contributed by atoms with van der Waals surface area (Å²) >= 11 is 0. The van der Waals surface area contributed by atoms with Gasteiger partial charge in [-0.1, -0.05) is 31.0 Å². The van der Waals surface area contributed by atoms with Crippen molar-refractivity contribution in [1.82, 2.24) is 4.98 Å². The van der Waals surface area contributed by atoms with E-state index in [0.717, 1.165) is 42.3 Å². The predicted molar refractivity (Wildman–Crippen MR) is 84.4 cm³/mol. The number of aryl methyl sites for hydroxylation is 1. The number of carbonyl (C=O) groups is 2. The lowest BCUT2D eigenvalue weighted by Gasteiger charge is -2.19. The van der Waals surface area contributed by atoms with E-state index in [-0.39, 0.29) is 23.7 Å². The Kier molecular flexibility index (Phi) is 2.99. The average molecular weight is 294 g/mol. The third-order valence-corrected chi connectivity index (χ3v) is 4.90. The van der Waals surface area contributed by atoms with E-state index in [1.54, 1.807) is 0 Å². The highest BCUT2D eigenvalue weighted by atomic mass is 16.2. The number of hydrogen-bond acceptors (Lipinski definition) is 3. The molecule has 0 bridgehead atoms. The Morgan fingerprint density at radius 3 is 2.36 bits per heavy atom. The number of aromatic nitrogens is 1. The van der Waals surface area contributed by atoms with Gasteiger partial charge >= 0.3 is 0 Å². The molecule has 112 valence electrons. The van der Waals surface area contributed by atoms with Gasteiger partial charge in [-0.3, -0.25) is 14.6 Å². The summed E-state index contributed by atoms with van der Waals surface area (Å²) < 4.78 is 0. The molecule has 2 amide bonds. The quantitative estimate of drug-likeness (QED) is 0.759. The molecule has 4 rings (SSSR count). The minimum Gasteiger partial charge on any atom is -0.274 e. The van der Waals surface area contributed by atoms with Gasteiger partial charge in [0.2, 0.25) is 11.8 Å². The monoisotopic (exact) mass is 294 g/mol. The highest BCUT2D eigenvalue weighted by Crippen LogP contribution is 2.41. The number of anilines is 1. The van der Waals surface area contributed by atoms with Crippen LogP contribution in [0.1, 0.15) is 31.4 Å². The molecule has 0 spiro atoms. The number of imide groups is 1. The van der Waals surface area contributed by atoms with Crippen LogP contribution in [0, 0.1) is 18.8 Å². The van der Waals surface area contributed by atoms with Gasteiger partial charge in [0.25, 0.3) is 0 Å². The molecule has 4 heteroatoms. The summed E-state index contributed by atoms with van der Waals surface area (Å²) in [5.74, 6) is -0.280. The maximum Gasteiger partial charge on any atom is 0.237 e. The van der Waals surface area contributed by atoms with Crippen LogP contribution in [-0.2, 0) is 9.59 Å². The van der Waals surface area contributed by atoms with Crippen molar-refractivity contribution >= 4 is 28.4 Å². The van der Waals surface area contributed by atoms with Gasteiger partial charge in [0.05, 0.1) is 23.0 Å². The molecule has 1 aromatic heterocycles. The molecule has 2 unspecified atom stereocenters. The normalized spacial score (nSPS) is 24.9. The first-order valence-electron chi connectivity index (χ1n) is 7.91. The minimum atomic E-state index is -0.117. The van der Waals surface area contributed by atoms with Crippen molar-refractivity contribution in [2.24, 2.45) is 11.8 Å². The Labute approximate surface area is 129 Å². The van der Waals surface area contributed by atoms with Crippen molar-refractivity contribution in [3.8, 4) is 0 Å². The first-order chi connectivity index (χ1) is 10.7. The Bertz CT molecular complexity index is 760. The molecule has 2 atom stereocenters. The third kappa shape index (κ3) is 1.86. The number of para-hydroxylation sites is 1. The van der Waals surface area contributed by atoms with E-state index in [2.05, 4.69) is 4.98 Å². The van der Waals surface area contributed by atoms with Gasteiger partial charge in [-0.2, -0.15) is 0 Å². The molecule has 2 aliphatic rings. The largest absolute Gasteiger partial charge is 0.274 e. The van der Waals surface area contributed by atoms with Crippen LogP contribution >= 0.6 is 0 Å². The van der Waals surface area contributed by atoms with Crippen LogP contribution in [0.15, 0.2) is 30.3 Å². The lowest BCUT2D eigenvalue weighted by molar-refractivity contribution is -0.122. The number of benzene rings is 1. The first-order valence-corrected chi connectivity index (χ1v) is 7.91. The summed E-state index contributed by atoms with van der Waals surface area (Å²) in [4.78, 5) is 31.5. The van der Waals surface area contributed by atoms with Gasteiger partial charge in [-0.25, -0.2) is 4.90 Å². The van der Waals surface area contributed by atoms with Crippen LogP contribution in [0.5, 0.6) is 0 Å². The second kappa shape index (κ2) is 4.90. The number of nitrogens with zero attached hydrogens (tertiary/aromatic N) is 2. The summed E-state index contributed by atoms with van der Waals surface area (Å²) in [6, 6.07) is 9.55. The maximum absolute atomic E-state index is 12.8. The van der Waals surface area contributed by atoms with Gasteiger partial charge in [0, 0.05) is 11.1 Å². The fourth-order valence-electron chi connectivity index (χ4n) is 3.87. The maximum atomic E-state index is 12.8. The highest BCUT2D eigenvalue weighted by molar-refractivity contribution is 6.24. The predicted octanol–water partition coefficient (Wildman–Crippen LogP) is 3.22. The van der Waals surface area contributed by atoms with Gasteiger partial charge in [-0.05, 0) is 31.9 Å². The number of hydrogen-bond donors (Lipinski definition) is 0. The number of amides is 2. The van der Waals surface area contributed by atoms with E-state index in [4.69, 9.17) is 0 Å². The van der Waals surface area contributed by atoms with Crippen LogP contribution in [0.2, 0.25) is 0 Å². The number of rotatable bonds is 1. The second-order valence-electron chi connectivity index (χ2n) is 6.31. The Balaban J connectivity index is 1.88. The molecule has 1 saturated heterocycles.